The van der Waals surface area contributed by atoms with Crippen molar-refractivity contribution in [2.45, 2.75) is 57.7 Å². The maximum atomic E-state index is 6.21. The zero-order valence-corrected chi connectivity index (χ0v) is 11.3. The van der Waals surface area contributed by atoms with Gasteiger partial charge in [0.2, 0.25) is 0 Å². The molecule has 0 saturated heterocycles. The summed E-state index contributed by atoms with van der Waals surface area (Å²) in [6.45, 7) is 7.95. The van der Waals surface area contributed by atoms with Gasteiger partial charge in [0.15, 0.2) is 5.90 Å². The Morgan fingerprint density at radius 3 is 2.47 bits per heavy atom. The molecule has 1 aliphatic carbocycles. The first-order chi connectivity index (χ1) is 7.09. The van der Waals surface area contributed by atoms with Gasteiger partial charge in [-0.3, -0.25) is 4.99 Å². The molecule has 0 N–H and O–H groups in total. The van der Waals surface area contributed by atoms with E-state index in [4.69, 9.17) is 4.43 Å². The number of rotatable bonds is 1. The first-order valence-electron chi connectivity index (χ1n) is 6.33. The van der Waals surface area contributed by atoms with Gasteiger partial charge in [0.25, 0.3) is 8.32 Å². The molecule has 1 heterocycles. The van der Waals surface area contributed by atoms with Crippen LogP contribution in [0.25, 0.3) is 0 Å². The van der Waals surface area contributed by atoms with E-state index in [0.717, 1.165) is 12.4 Å². The fourth-order valence-corrected chi connectivity index (χ4v) is 3.91. The fourth-order valence-electron chi connectivity index (χ4n) is 2.41. The molecule has 2 rings (SSSR count). The molecule has 15 heavy (non-hydrogen) atoms. The summed E-state index contributed by atoms with van der Waals surface area (Å²) in [6, 6.07) is 0. The van der Waals surface area contributed by atoms with E-state index >= 15 is 0 Å². The smallest absolute Gasteiger partial charge is 0.251 e. The lowest BCUT2D eigenvalue weighted by Gasteiger charge is -2.37. The summed E-state index contributed by atoms with van der Waals surface area (Å²) >= 11 is 0. The molecule has 3 heteroatoms. The molecule has 86 valence electrons. The predicted octanol–water partition coefficient (Wildman–Crippen LogP) is 3.59. The van der Waals surface area contributed by atoms with Gasteiger partial charge in [-0.1, -0.05) is 26.2 Å². The zero-order chi connectivity index (χ0) is 10.9. The third-order valence-electron chi connectivity index (χ3n) is 4.03. The van der Waals surface area contributed by atoms with Gasteiger partial charge in [-0.05, 0) is 25.9 Å². The molecule has 0 amide bonds. The van der Waals surface area contributed by atoms with Crippen LogP contribution in [-0.2, 0) is 4.43 Å². The van der Waals surface area contributed by atoms with Gasteiger partial charge in [0, 0.05) is 18.0 Å². The van der Waals surface area contributed by atoms with Crippen molar-refractivity contribution in [3.8, 4) is 0 Å². The summed E-state index contributed by atoms with van der Waals surface area (Å²) in [7, 11) is -1.47. The van der Waals surface area contributed by atoms with Crippen molar-refractivity contribution in [1.29, 1.82) is 0 Å². The number of hydrogen-bond acceptors (Lipinski definition) is 2. The minimum atomic E-state index is -1.47. The Bertz CT molecular complexity index is 256. The number of hydrogen-bond donors (Lipinski definition) is 0. The van der Waals surface area contributed by atoms with Gasteiger partial charge in [-0.2, -0.15) is 0 Å². The van der Waals surface area contributed by atoms with E-state index in [1.54, 1.807) is 0 Å². The Balaban J connectivity index is 2.03. The maximum Gasteiger partial charge on any atom is 0.251 e. The van der Waals surface area contributed by atoms with Crippen molar-refractivity contribution in [2.75, 3.05) is 6.54 Å². The zero-order valence-electron chi connectivity index (χ0n) is 10.3. The topological polar surface area (TPSA) is 21.6 Å². The maximum absolute atomic E-state index is 6.21. The summed E-state index contributed by atoms with van der Waals surface area (Å²) in [5.41, 5.74) is 0.671. The minimum Gasteiger partial charge on any atom is -0.534 e. The molecular weight excluding hydrogens is 202 g/mol. The first-order valence-corrected chi connectivity index (χ1v) is 9.31. The van der Waals surface area contributed by atoms with Gasteiger partial charge >= 0.3 is 0 Å². The van der Waals surface area contributed by atoms with E-state index in [1.807, 2.05) is 0 Å². The van der Waals surface area contributed by atoms with E-state index in [1.165, 1.54) is 32.1 Å². The van der Waals surface area contributed by atoms with Crippen LogP contribution in [-0.4, -0.2) is 20.8 Å². The van der Waals surface area contributed by atoms with Crippen molar-refractivity contribution in [3.63, 3.8) is 0 Å². The molecule has 0 aromatic heterocycles. The van der Waals surface area contributed by atoms with Crippen molar-refractivity contribution < 1.29 is 4.43 Å². The lowest BCUT2D eigenvalue weighted by molar-refractivity contribution is 0.371. The van der Waals surface area contributed by atoms with Crippen LogP contribution >= 0.6 is 0 Å². The predicted molar refractivity (Wildman–Crippen MR) is 66.9 cm³/mol. The second kappa shape index (κ2) is 4.28. The first kappa shape index (κ1) is 11.2. The largest absolute Gasteiger partial charge is 0.534 e. The Labute approximate surface area is 94.3 Å². The van der Waals surface area contributed by atoms with Crippen molar-refractivity contribution in [3.05, 3.63) is 0 Å². The Morgan fingerprint density at radius 1 is 1.20 bits per heavy atom. The number of nitrogens with zero attached hydrogens (tertiary/aromatic N) is 1. The molecule has 2 aliphatic rings. The van der Waals surface area contributed by atoms with Crippen LogP contribution in [0, 0.1) is 5.92 Å². The van der Waals surface area contributed by atoms with Crippen LogP contribution in [0.5, 0.6) is 0 Å². The molecular formula is C12H23NOSi. The van der Waals surface area contributed by atoms with E-state index in [-0.39, 0.29) is 0 Å². The molecule has 1 aliphatic heterocycles. The molecule has 1 saturated carbocycles. The highest BCUT2D eigenvalue weighted by atomic mass is 28.4. The summed E-state index contributed by atoms with van der Waals surface area (Å²) < 4.78 is 6.21. The Kier molecular flexibility index (Phi) is 3.19. The van der Waals surface area contributed by atoms with Crippen LogP contribution in [0.4, 0.5) is 0 Å². The van der Waals surface area contributed by atoms with E-state index in [9.17, 15) is 0 Å². The second-order valence-corrected chi connectivity index (χ2v) is 10.0. The normalized spacial score (nSPS) is 31.9. The van der Waals surface area contributed by atoms with Crippen LogP contribution < -0.4 is 0 Å². The molecule has 0 aromatic carbocycles. The van der Waals surface area contributed by atoms with Gasteiger partial charge in [0.1, 0.15) is 0 Å². The lowest BCUT2D eigenvalue weighted by Crippen LogP contribution is -2.44. The highest BCUT2D eigenvalue weighted by molar-refractivity contribution is 6.74. The second-order valence-electron chi connectivity index (χ2n) is 5.62. The Hall–Kier alpha value is -0.313. The summed E-state index contributed by atoms with van der Waals surface area (Å²) in [4.78, 5) is 4.66. The van der Waals surface area contributed by atoms with E-state index in [0.29, 0.717) is 11.5 Å². The standard InChI is InChI=1S/C12H23NOSi/c1-10-9-13-12(14-15(10,2)3)11-7-5-4-6-8-11/h10-11H,4-9H2,1-3H3. The molecule has 1 fully saturated rings. The molecule has 0 bridgehead atoms. The fraction of sp³-hybridized carbons (Fsp3) is 0.917. The molecule has 2 nitrogen and oxygen atoms in total. The SMILES string of the molecule is CC1CN=C(C2CCCCC2)O[Si]1(C)C. The van der Waals surface area contributed by atoms with Crippen LogP contribution in [0.3, 0.4) is 0 Å². The quantitative estimate of drug-likeness (QED) is 0.625. The van der Waals surface area contributed by atoms with Crippen molar-refractivity contribution in [2.24, 2.45) is 10.9 Å². The third kappa shape index (κ3) is 2.44. The highest BCUT2D eigenvalue weighted by Crippen LogP contribution is 2.33. The average molecular weight is 225 g/mol. The Morgan fingerprint density at radius 2 is 1.87 bits per heavy atom. The van der Waals surface area contributed by atoms with Crippen LogP contribution in [0.2, 0.25) is 18.6 Å². The van der Waals surface area contributed by atoms with E-state index in [2.05, 4.69) is 25.0 Å². The van der Waals surface area contributed by atoms with Crippen LogP contribution in [0.1, 0.15) is 39.0 Å². The monoisotopic (exact) mass is 225 g/mol. The summed E-state index contributed by atoms with van der Waals surface area (Å²) in [5.74, 6) is 1.77. The molecule has 1 unspecified atom stereocenters. The van der Waals surface area contributed by atoms with Gasteiger partial charge in [-0.25, -0.2) is 0 Å². The molecule has 1 atom stereocenters. The third-order valence-corrected chi connectivity index (χ3v) is 7.32. The highest BCUT2D eigenvalue weighted by Gasteiger charge is 2.38. The summed E-state index contributed by atoms with van der Waals surface area (Å²) in [6.07, 6.45) is 6.74. The van der Waals surface area contributed by atoms with Gasteiger partial charge < -0.3 is 4.43 Å². The van der Waals surface area contributed by atoms with E-state index < -0.39 is 8.32 Å². The number of aliphatic imine (C=N–C) groups is 1. The van der Waals surface area contributed by atoms with Crippen LogP contribution in [0.15, 0.2) is 4.99 Å². The van der Waals surface area contributed by atoms with Crippen molar-refractivity contribution >= 4 is 14.2 Å². The minimum absolute atomic E-state index is 0.651. The van der Waals surface area contributed by atoms with Gasteiger partial charge in [-0.15, -0.1) is 0 Å². The van der Waals surface area contributed by atoms with Crippen molar-refractivity contribution in [1.82, 2.24) is 0 Å². The summed E-state index contributed by atoms with van der Waals surface area (Å²) in [5, 5.41) is 0. The lowest BCUT2D eigenvalue weighted by atomic mass is 9.89. The van der Waals surface area contributed by atoms with Gasteiger partial charge in [0.05, 0.1) is 0 Å². The molecule has 0 radical (unpaired) electrons. The molecule has 0 spiro atoms. The average Bonchev–Trinajstić information content (AvgIpc) is 2.23. The molecule has 0 aromatic rings.